The normalized spacial score (nSPS) is 15.5. The highest BCUT2D eigenvalue weighted by molar-refractivity contribution is 8.14. The average molecular weight is 522 g/mol. The van der Waals surface area contributed by atoms with Gasteiger partial charge in [0.15, 0.2) is 6.61 Å². The number of hydrogen-bond acceptors (Lipinski definition) is 9. The molecule has 0 radical (unpaired) electrons. The number of nitrogens with zero attached hydrogens (tertiary/aromatic N) is 2. The number of nitro groups is 1. The fourth-order valence-corrected chi connectivity index (χ4v) is 4.32. The Bertz CT molecular complexity index is 1100. The molecule has 0 saturated carbocycles. The SMILES string of the molecule is O=C(COc1ccccc1)NCC(=O)SC1CC(=O)N1C(Cl)C(=O)OCc1ccc([N+](=O)[O-])cc1. The van der Waals surface area contributed by atoms with Gasteiger partial charge in [0.2, 0.25) is 16.5 Å². The van der Waals surface area contributed by atoms with Gasteiger partial charge in [0.1, 0.15) is 12.4 Å². The Kier molecular flexibility index (Phi) is 9.04. The Morgan fingerprint density at radius 1 is 1.17 bits per heavy atom. The molecule has 3 rings (SSSR count). The van der Waals surface area contributed by atoms with E-state index in [1.807, 2.05) is 0 Å². The molecule has 0 aliphatic carbocycles. The minimum Gasteiger partial charge on any atom is -0.484 e. The van der Waals surface area contributed by atoms with Gasteiger partial charge in [-0.15, -0.1) is 0 Å². The number of non-ortho nitro benzene ring substituents is 1. The number of nitro benzene ring substituents is 1. The number of hydrogen-bond donors (Lipinski definition) is 1. The van der Waals surface area contributed by atoms with Crippen LogP contribution >= 0.6 is 23.4 Å². The molecular weight excluding hydrogens is 502 g/mol. The third kappa shape index (κ3) is 7.42. The fraction of sp³-hybridized carbons (Fsp3) is 0.273. The number of β-lactam (4-membered cyclic amide) rings is 1. The lowest BCUT2D eigenvalue weighted by Gasteiger charge is -2.41. The van der Waals surface area contributed by atoms with Crippen molar-refractivity contribution in [2.45, 2.75) is 23.9 Å². The van der Waals surface area contributed by atoms with E-state index < -0.39 is 38.7 Å². The number of ether oxygens (including phenoxy) is 2. The fourth-order valence-electron chi connectivity index (χ4n) is 2.90. The van der Waals surface area contributed by atoms with Crippen molar-refractivity contribution < 1.29 is 33.6 Å². The molecule has 2 aromatic rings. The smallest absolute Gasteiger partial charge is 0.345 e. The van der Waals surface area contributed by atoms with Gasteiger partial charge in [-0.25, -0.2) is 4.79 Å². The van der Waals surface area contributed by atoms with E-state index in [4.69, 9.17) is 21.1 Å². The minimum absolute atomic E-state index is 0.000321. The van der Waals surface area contributed by atoms with Crippen molar-refractivity contribution in [3.8, 4) is 5.75 Å². The van der Waals surface area contributed by atoms with Crippen LogP contribution in [0.2, 0.25) is 0 Å². The van der Waals surface area contributed by atoms with E-state index in [1.54, 1.807) is 30.3 Å². The molecule has 1 aliphatic heterocycles. The van der Waals surface area contributed by atoms with Gasteiger partial charge < -0.3 is 19.7 Å². The Balaban J connectivity index is 1.41. The van der Waals surface area contributed by atoms with Crippen molar-refractivity contribution in [3.63, 3.8) is 0 Å². The molecule has 2 aromatic carbocycles. The van der Waals surface area contributed by atoms with Crippen LogP contribution in [0.1, 0.15) is 12.0 Å². The predicted molar refractivity (Wildman–Crippen MR) is 125 cm³/mol. The lowest BCUT2D eigenvalue weighted by atomic mass is 10.2. The van der Waals surface area contributed by atoms with Crippen LogP contribution in [0.3, 0.4) is 0 Å². The second kappa shape index (κ2) is 12.2. The number of carbonyl (C=O) groups is 4. The van der Waals surface area contributed by atoms with E-state index in [-0.39, 0.29) is 31.9 Å². The molecule has 184 valence electrons. The van der Waals surface area contributed by atoms with Crippen LogP contribution < -0.4 is 10.1 Å². The van der Waals surface area contributed by atoms with Gasteiger partial charge in [0, 0.05) is 12.1 Å². The van der Waals surface area contributed by atoms with Crippen molar-refractivity contribution >= 4 is 51.9 Å². The van der Waals surface area contributed by atoms with E-state index in [9.17, 15) is 29.3 Å². The quantitative estimate of drug-likeness (QED) is 0.117. The zero-order valence-corrected chi connectivity index (χ0v) is 19.7. The molecule has 2 amide bonds. The number of carbonyl (C=O) groups excluding carboxylic acids is 4. The molecule has 11 nitrogen and oxygen atoms in total. The monoisotopic (exact) mass is 521 g/mol. The summed E-state index contributed by atoms with van der Waals surface area (Å²) in [4.78, 5) is 59.5. The molecule has 1 fully saturated rings. The largest absolute Gasteiger partial charge is 0.484 e. The first-order valence-electron chi connectivity index (χ1n) is 10.2. The second-order valence-electron chi connectivity index (χ2n) is 7.20. The van der Waals surface area contributed by atoms with E-state index in [0.717, 1.165) is 16.7 Å². The summed E-state index contributed by atoms with van der Waals surface area (Å²) in [6.45, 7) is -0.756. The van der Waals surface area contributed by atoms with Crippen LogP contribution in [-0.4, -0.2) is 56.7 Å². The highest BCUT2D eigenvalue weighted by Gasteiger charge is 2.45. The molecule has 1 heterocycles. The number of rotatable bonds is 11. The zero-order valence-electron chi connectivity index (χ0n) is 18.1. The summed E-state index contributed by atoms with van der Waals surface area (Å²) < 4.78 is 10.4. The van der Waals surface area contributed by atoms with Crippen LogP contribution in [0.15, 0.2) is 54.6 Å². The molecule has 35 heavy (non-hydrogen) atoms. The van der Waals surface area contributed by atoms with Crippen LogP contribution in [-0.2, 0) is 30.5 Å². The number of alkyl halides is 1. The topological polar surface area (TPSA) is 145 Å². The predicted octanol–water partition coefficient (Wildman–Crippen LogP) is 2.22. The zero-order chi connectivity index (χ0) is 25.4. The third-order valence-electron chi connectivity index (χ3n) is 4.72. The highest BCUT2D eigenvalue weighted by Crippen LogP contribution is 2.33. The van der Waals surface area contributed by atoms with E-state index in [0.29, 0.717) is 11.3 Å². The summed E-state index contributed by atoms with van der Waals surface area (Å²) >= 11 is 6.87. The summed E-state index contributed by atoms with van der Waals surface area (Å²) in [5.41, 5.74) is -1.06. The molecule has 0 bridgehead atoms. The van der Waals surface area contributed by atoms with Crippen LogP contribution in [0, 0.1) is 10.1 Å². The first-order chi connectivity index (χ1) is 16.7. The Morgan fingerprint density at radius 2 is 1.86 bits per heavy atom. The van der Waals surface area contributed by atoms with Crippen LogP contribution in [0.4, 0.5) is 5.69 Å². The number of nitrogens with one attached hydrogen (secondary N) is 1. The van der Waals surface area contributed by atoms with Gasteiger partial charge in [-0.05, 0) is 29.8 Å². The maximum Gasteiger partial charge on any atom is 0.345 e. The average Bonchev–Trinajstić information content (AvgIpc) is 2.85. The van der Waals surface area contributed by atoms with Gasteiger partial charge in [-0.1, -0.05) is 41.6 Å². The number of halogens is 1. The Hall–Kier alpha value is -3.64. The number of thioether (sulfide) groups is 1. The molecule has 1 N–H and O–H groups in total. The van der Waals surface area contributed by atoms with Crippen molar-refractivity contribution in [3.05, 3.63) is 70.3 Å². The lowest BCUT2D eigenvalue weighted by Crippen LogP contribution is -2.57. The lowest BCUT2D eigenvalue weighted by molar-refractivity contribution is -0.384. The molecule has 0 aromatic heterocycles. The van der Waals surface area contributed by atoms with E-state index >= 15 is 0 Å². The molecule has 0 spiro atoms. The number of amides is 2. The first-order valence-corrected chi connectivity index (χ1v) is 11.6. The molecule has 2 atom stereocenters. The summed E-state index contributed by atoms with van der Waals surface area (Å²) in [7, 11) is 0. The molecular formula is C22H20ClN3O8S. The summed E-state index contributed by atoms with van der Waals surface area (Å²) in [6, 6.07) is 14.1. The van der Waals surface area contributed by atoms with Gasteiger partial charge in [0.25, 0.3) is 11.6 Å². The Morgan fingerprint density at radius 3 is 2.49 bits per heavy atom. The Labute approximate surface area is 208 Å². The number of esters is 1. The number of benzene rings is 2. The maximum atomic E-state index is 12.3. The number of para-hydroxylation sites is 1. The maximum absolute atomic E-state index is 12.3. The molecule has 1 aliphatic rings. The minimum atomic E-state index is -1.45. The van der Waals surface area contributed by atoms with Crippen molar-refractivity contribution in [1.82, 2.24) is 10.2 Å². The van der Waals surface area contributed by atoms with Gasteiger partial charge >= 0.3 is 5.97 Å². The first kappa shape index (κ1) is 26.0. The van der Waals surface area contributed by atoms with Crippen molar-refractivity contribution in [2.75, 3.05) is 13.2 Å². The third-order valence-corrected chi connectivity index (χ3v) is 6.19. The van der Waals surface area contributed by atoms with Gasteiger partial charge in [-0.2, -0.15) is 0 Å². The standard InChI is InChI=1S/C22H20ClN3O8S/c23-21(22(30)34-12-14-6-8-15(9-7-14)26(31)32)25-18(28)10-19(25)35-20(29)11-24-17(27)13-33-16-4-2-1-3-5-16/h1-9,19,21H,10-13H2,(H,24,27). The number of likely N-dealkylation sites (tertiary alicyclic amines) is 1. The summed E-state index contributed by atoms with van der Waals surface area (Å²) in [5, 5.41) is 12.0. The van der Waals surface area contributed by atoms with Gasteiger partial charge in [0.05, 0.1) is 23.3 Å². The second-order valence-corrected chi connectivity index (χ2v) is 8.84. The van der Waals surface area contributed by atoms with E-state index in [1.165, 1.54) is 24.3 Å². The van der Waals surface area contributed by atoms with E-state index in [2.05, 4.69) is 5.32 Å². The molecule has 1 saturated heterocycles. The summed E-state index contributed by atoms with van der Waals surface area (Å²) in [6.07, 6.45) is 0.000321. The van der Waals surface area contributed by atoms with Crippen molar-refractivity contribution in [1.29, 1.82) is 0 Å². The van der Waals surface area contributed by atoms with Crippen LogP contribution in [0.5, 0.6) is 5.75 Å². The summed E-state index contributed by atoms with van der Waals surface area (Å²) in [5.74, 6) is -1.31. The van der Waals surface area contributed by atoms with Crippen molar-refractivity contribution in [2.24, 2.45) is 0 Å². The molecule has 2 unspecified atom stereocenters. The van der Waals surface area contributed by atoms with Crippen LogP contribution in [0.25, 0.3) is 0 Å². The van der Waals surface area contributed by atoms with Gasteiger partial charge in [-0.3, -0.25) is 24.5 Å². The highest BCUT2D eigenvalue weighted by atomic mass is 35.5. The molecule has 13 heteroatoms.